The van der Waals surface area contributed by atoms with E-state index >= 15 is 0 Å². The van der Waals surface area contributed by atoms with E-state index in [1.54, 1.807) is 26.0 Å². The number of carbonyl (C=O) groups is 3. The first-order valence-corrected chi connectivity index (χ1v) is 11.7. The minimum absolute atomic E-state index is 0.0252. The van der Waals surface area contributed by atoms with Gasteiger partial charge in [-0.3, -0.25) is 14.3 Å². The van der Waals surface area contributed by atoms with Crippen LogP contribution in [0, 0.1) is 6.92 Å². The molecule has 8 nitrogen and oxygen atoms in total. The molecule has 1 atom stereocenters. The number of carbonyl (C=O) groups excluding carboxylic acids is 3. The number of amides is 2. The summed E-state index contributed by atoms with van der Waals surface area (Å²) in [5, 5.41) is 7.73. The van der Waals surface area contributed by atoms with E-state index in [1.165, 1.54) is 15.6 Å². The van der Waals surface area contributed by atoms with E-state index in [0.717, 1.165) is 11.1 Å². The summed E-state index contributed by atoms with van der Waals surface area (Å²) >= 11 is 6.38. The molecule has 182 valence electrons. The highest BCUT2D eigenvalue weighted by atomic mass is 35.5. The third-order valence-corrected chi connectivity index (χ3v) is 6.50. The minimum Gasteiger partial charge on any atom is -0.461 e. The number of hydrogen-bond donors (Lipinski definition) is 1. The Kier molecular flexibility index (Phi) is 6.93. The molecule has 35 heavy (non-hydrogen) atoms. The molecule has 2 amide bonds. The van der Waals surface area contributed by atoms with Crippen LogP contribution >= 0.6 is 11.6 Å². The molecule has 0 saturated heterocycles. The maximum Gasteiger partial charge on any atom is 0.358 e. The molecule has 9 heteroatoms. The number of rotatable bonds is 7. The molecule has 1 aliphatic heterocycles. The van der Waals surface area contributed by atoms with Crippen LogP contribution in [-0.2, 0) is 29.2 Å². The van der Waals surface area contributed by atoms with Crippen molar-refractivity contribution in [1.29, 1.82) is 0 Å². The average Bonchev–Trinajstić information content (AvgIpc) is 3.26. The normalized spacial score (nSPS) is 17.1. The van der Waals surface area contributed by atoms with Crippen molar-refractivity contribution in [3.05, 3.63) is 87.7 Å². The summed E-state index contributed by atoms with van der Waals surface area (Å²) in [7, 11) is 0. The Hall–Kier alpha value is -3.65. The zero-order valence-corrected chi connectivity index (χ0v) is 20.6. The standard InChI is InChI=1S/C26H27ClN4O4/c1-4-35-24(33)21-13-22-23(32)30(15-19-7-5-6-8-20(19)27)26(3,16-31(22)29-21)25(34)28-14-18-11-9-17(2)10-12-18/h5-13H,4,14-16H2,1-3H3,(H,28,34)/t26-/m0/s1. The van der Waals surface area contributed by atoms with Gasteiger partial charge in [-0.15, -0.1) is 0 Å². The summed E-state index contributed by atoms with van der Waals surface area (Å²) in [6.45, 7) is 6.07. The Morgan fingerprint density at radius 3 is 2.57 bits per heavy atom. The van der Waals surface area contributed by atoms with Gasteiger partial charge in [0.25, 0.3) is 5.91 Å². The third kappa shape index (κ3) is 4.93. The molecular weight excluding hydrogens is 468 g/mol. The molecule has 0 fully saturated rings. The van der Waals surface area contributed by atoms with Crippen LogP contribution in [0.1, 0.15) is 51.5 Å². The Labute approximate surface area is 208 Å². The lowest BCUT2D eigenvalue weighted by Crippen LogP contribution is -2.63. The first kappa shape index (κ1) is 24.5. The molecular formula is C26H27ClN4O4. The van der Waals surface area contributed by atoms with Crippen molar-refractivity contribution in [1.82, 2.24) is 20.0 Å². The fourth-order valence-electron chi connectivity index (χ4n) is 4.07. The molecule has 0 bridgehead atoms. The molecule has 1 aromatic heterocycles. The molecule has 0 saturated carbocycles. The van der Waals surface area contributed by atoms with Gasteiger partial charge >= 0.3 is 5.97 Å². The Balaban J connectivity index is 1.67. The van der Waals surface area contributed by atoms with Crippen molar-refractivity contribution in [2.75, 3.05) is 6.61 Å². The molecule has 0 radical (unpaired) electrons. The minimum atomic E-state index is -1.29. The summed E-state index contributed by atoms with van der Waals surface area (Å²) in [5.41, 5.74) is 1.72. The van der Waals surface area contributed by atoms with Crippen LogP contribution in [0.15, 0.2) is 54.6 Å². The van der Waals surface area contributed by atoms with Gasteiger partial charge < -0.3 is 15.0 Å². The SMILES string of the molecule is CCOC(=O)c1cc2n(n1)C[C@@](C)(C(=O)NCc1ccc(C)cc1)N(Cc1ccccc1Cl)C2=O. The van der Waals surface area contributed by atoms with Gasteiger partial charge in [0.1, 0.15) is 11.2 Å². The molecule has 0 aliphatic carbocycles. The van der Waals surface area contributed by atoms with Crippen molar-refractivity contribution in [2.24, 2.45) is 0 Å². The van der Waals surface area contributed by atoms with E-state index in [2.05, 4.69) is 10.4 Å². The van der Waals surface area contributed by atoms with E-state index in [0.29, 0.717) is 17.1 Å². The molecule has 4 rings (SSSR count). The zero-order chi connectivity index (χ0) is 25.2. The number of ether oxygens (including phenoxy) is 1. The van der Waals surface area contributed by atoms with Crippen molar-refractivity contribution in [2.45, 2.75) is 45.9 Å². The molecule has 2 aromatic carbocycles. The number of benzene rings is 2. The van der Waals surface area contributed by atoms with E-state index in [4.69, 9.17) is 16.3 Å². The average molecular weight is 495 g/mol. The maximum atomic E-state index is 13.6. The van der Waals surface area contributed by atoms with Crippen molar-refractivity contribution < 1.29 is 19.1 Å². The van der Waals surface area contributed by atoms with Gasteiger partial charge in [0.05, 0.1) is 13.2 Å². The van der Waals surface area contributed by atoms with Gasteiger partial charge in [0.2, 0.25) is 5.91 Å². The van der Waals surface area contributed by atoms with E-state index in [-0.39, 0.29) is 37.0 Å². The highest BCUT2D eigenvalue weighted by Crippen LogP contribution is 2.31. The molecule has 3 aromatic rings. The predicted molar refractivity (Wildman–Crippen MR) is 131 cm³/mol. The summed E-state index contributed by atoms with van der Waals surface area (Å²) in [4.78, 5) is 41.0. The number of halogens is 1. The highest BCUT2D eigenvalue weighted by Gasteiger charge is 2.48. The Morgan fingerprint density at radius 2 is 1.89 bits per heavy atom. The second-order valence-electron chi connectivity index (χ2n) is 8.72. The summed E-state index contributed by atoms with van der Waals surface area (Å²) < 4.78 is 6.44. The lowest BCUT2D eigenvalue weighted by Gasteiger charge is -2.43. The number of esters is 1. The van der Waals surface area contributed by atoms with Crippen molar-refractivity contribution in [3.8, 4) is 0 Å². The summed E-state index contributed by atoms with van der Waals surface area (Å²) in [6, 6.07) is 16.4. The number of nitrogens with one attached hydrogen (secondary N) is 1. The molecule has 1 aliphatic rings. The van der Waals surface area contributed by atoms with Crippen molar-refractivity contribution >= 4 is 29.4 Å². The number of hydrogen-bond acceptors (Lipinski definition) is 5. The second-order valence-corrected chi connectivity index (χ2v) is 9.12. The van der Waals surface area contributed by atoms with Crippen LogP contribution < -0.4 is 5.32 Å². The van der Waals surface area contributed by atoms with Gasteiger partial charge in [-0.05, 0) is 38.0 Å². The second kappa shape index (κ2) is 9.92. The fourth-order valence-corrected chi connectivity index (χ4v) is 4.27. The number of nitrogens with zero attached hydrogens (tertiary/aromatic N) is 3. The molecule has 1 N–H and O–H groups in total. The van der Waals surface area contributed by atoms with Crippen LogP contribution in [0.3, 0.4) is 0 Å². The van der Waals surface area contributed by atoms with Gasteiger partial charge in [-0.2, -0.15) is 5.10 Å². The maximum absolute atomic E-state index is 13.6. The largest absolute Gasteiger partial charge is 0.461 e. The smallest absolute Gasteiger partial charge is 0.358 e. The first-order chi connectivity index (χ1) is 16.7. The number of fused-ring (bicyclic) bond motifs is 1. The first-order valence-electron chi connectivity index (χ1n) is 11.4. The summed E-state index contributed by atoms with van der Waals surface area (Å²) in [6.07, 6.45) is 0. The number of aryl methyl sites for hydroxylation is 1. The van der Waals surface area contributed by atoms with E-state index < -0.39 is 17.4 Å². The zero-order valence-electron chi connectivity index (χ0n) is 19.9. The van der Waals surface area contributed by atoms with E-state index in [1.807, 2.05) is 43.3 Å². The monoisotopic (exact) mass is 494 g/mol. The van der Waals surface area contributed by atoms with Crippen LogP contribution in [0.2, 0.25) is 5.02 Å². The quantitative estimate of drug-likeness (QED) is 0.505. The lowest BCUT2D eigenvalue weighted by atomic mass is 9.94. The summed E-state index contributed by atoms with van der Waals surface area (Å²) in [5.74, 6) is -1.38. The Morgan fingerprint density at radius 1 is 1.17 bits per heavy atom. The van der Waals surface area contributed by atoms with Gasteiger partial charge in [0.15, 0.2) is 5.69 Å². The van der Waals surface area contributed by atoms with Crippen molar-refractivity contribution in [3.63, 3.8) is 0 Å². The predicted octanol–water partition coefficient (Wildman–Crippen LogP) is 3.75. The van der Waals surface area contributed by atoms with Crippen LogP contribution in [-0.4, -0.2) is 44.6 Å². The molecule has 0 spiro atoms. The number of aromatic nitrogens is 2. The van der Waals surface area contributed by atoms with Gasteiger partial charge in [-0.25, -0.2) is 4.79 Å². The van der Waals surface area contributed by atoms with E-state index in [9.17, 15) is 14.4 Å². The van der Waals surface area contributed by atoms with Gasteiger partial charge in [0, 0.05) is 24.2 Å². The highest BCUT2D eigenvalue weighted by molar-refractivity contribution is 6.31. The fraction of sp³-hybridized carbons (Fsp3) is 0.308. The Bertz CT molecular complexity index is 1270. The molecule has 0 unspecified atom stereocenters. The van der Waals surface area contributed by atoms with Gasteiger partial charge in [-0.1, -0.05) is 59.6 Å². The topological polar surface area (TPSA) is 93.5 Å². The van der Waals surface area contributed by atoms with Crippen LogP contribution in [0.4, 0.5) is 0 Å². The van der Waals surface area contributed by atoms with Crippen LogP contribution in [0.5, 0.6) is 0 Å². The third-order valence-electron chi connectivity index (χ3n) is 6.13. The molecule has 2 heterocycles. The lowest BCUT2D eigenvalue weighted by molar-refractivity contribution is -0.133. The van der Waals surface area contributed by atoms with Crippen LogP contribution in [0.25, 0.3) is 0 Å².